The first-order valence-corrected chi connectivity index (χ1v) is 2.78. The molecule has 1 heterocycles. The van der Waals surface area contributed by atoms with Crippen LogP contribution in [0.15, 0.2) is 16.7 Å². The molecule has 0 radical (unpaired) electrons. The van der Waals surface area contributed by atoms with Crippen LogP contribution in [0.1, 0.15) is 16.1 Å². The Balaban J connectivity index is 3.00. The molecule has 6 heteroatoms. The average molecular weight is 179 g/mol. The molecule has 66 valence electrons. The summed E-state index contributed by atoms with van der Waals surface area (Å²) >= 11 is 0. The Bertz CT molecular complexity index is 299. The predicted molar refractivity (Wildman–Crippen MR) is 28.0 cm³/mol. The molecule has 0 atom stereocenters. The first-order chi connectivity index (χ1) is 5.41. The Hall–Kier alpha value is -1.46. The predicted octanol–water partition coefficient (Wildman–Crippen LogP) is 0.662. The molecule has 0 amide bonds. The van der Waals surface area contributed by atoms with Crippen molar-refractivity contribution >= 4 is 5.97 Å². The largest absolute Gasteiger partial charge is 0.542 e. The summed E-state index contributed by atoms with van der Waals surface area (Å²) < 4.78 is 39.4. The lowest BCUT2D eigenvalue weighted by Gasteiger charge is -1.99. The first kappa shape index (κ1) is 8.63. The summed E-state index contributed by atoms with van der Waals surface area (Å²) in [5.74, 6) is -2.60. The van der Waals surface area contributed by atoms with Crippen LogP contribution in [0.25, 0.3) is 0 Å². The number of furan rings is 1. The van der Waals surface area contributed by atoms with Gasteiger partial charge in [-0.1, -0.05) is 0 Å². The van der Waals surface area contributed by atoms with E-state index >= 15 is 0 Å². The highest BCUT2D eigenvalue weighted by Crippen LogP contribution is 2.30. The van der Waals surface area contributed by atoms with E-state index in [1.807, 2.05) is 0 Å². The van der Waals surface area contributed by atoms with Crippen LogP contribution in [0.3, 0.4) is 0 Å². The van der Waals surface area contributed by atoms with Crippen LogP contribution in [0, 0.1) is 0 Å². The molecule has 1 aromatic heterocycles. The Labute approximate surface area is 64.4 Å². The summed E-state index contributed by atoms with van der Waals surface area (Å²) in [7, 11) is 0. The summed E-state index contributed by atoms with van der Waals surface area (Å²) in [6.07, 6.45) is -4.26. The van der Waals surface area contributed by atoms with E-state index < -0.39 is 23.5 Å². The van der Waals surface area contributed by atoms with Crippen LogP contribution in [-0.2, 0) is 6.18 Å². The van der Waals surface area contributed by atoms with Gasteiger partial charge in [0.25, 0.3) is 0 Å². The molecule has 0 saturated heterocycles. The van der Waals surface area contributed by atoms with Gasteiger partial charge in [0.2, 0.25) is 0 Å². The second-order valence-electron chi connectivity index (χ2n) is 1.98. The van der Waals surface area contributed by atoms with Crippen LogP contribution < -0.4 is 5.11 Å². The summed E-state index contributed by atoms with van der Waals surface area (Å²) in [6, 6.07) is 0.370. The number of aromatic carboxylic acids is 1. The van der Waals surface area contributed by atoms with Gasteiger partial charge >= 0.3 is 6.18 Å². The van der Waals surface area contributed by atoms with Gasteiger partial charge in [-0.25, -0.2) is 0 Å². The number of hydrogen-bond acceptors (Lipinski definition) is 3. The second kappa shape index (κ2) is 2.54. The zero-order valence-electron chi connectivity index (χ0n) is 5.51. The van der Waals surface area contributed by atoms with Gasteiger partial charge < -0.3 is 14.3 Å². The van der Waals surface area contributed by atoms with Crippen molar-refractivity contribution in [3.05, 3.63) is 23.7 Å². The van der Waals surface area contributed by atoms with Crippen molar-refractivity contribution in [3.8, 4) is 0 Å². The van der Waals surface area contributed by atoms with E-state index in [2.05, 4.69) is 4.42 Å². The van der Waals surface area contributed by atoms with Gasteiger partial charge in [-0.2, -0.15) is 13.2 Å². The van der Waals surface area contributed by atoms with Crippen molar-refractivity contribution in [2.24, 2.45) is 0 Å². The normalized spacial score (nSPS) is 11.6. The van der Waals surface area contributed by atoms with Crippen molar-refractivity contribution in [3.63, 3.8) is 0 Å². The molecule has 0 N–H and O–H groups in total. The highest BCUT2D eigenvalue weighted by Gasteiger charge is 2.32. The van der Waals surface area contributed by atoms with Crippen LogP contribution >= 0.6 is 0 Å². The number of halogens is 3. The first-order valence-electron chi connectivity index (χ1n) is 2.78. The Morgan fingerprint density at radius 2 is 2.08 bits per heavy atom. The number of carbonyl (C=O) groups excluding carboxylic acids is 1. The second-order valence-corrected chi connectivity index (χ2v) is 1.98. The van der Waals surface area contributed by atoms with Crippen LogP contribution in [-0.4, -0.2) is 5.97 Å². The third kappa shape index (κ3) is 1.58. The van der Waals surface area contributed by atoms with Crippen molar-refractivity contribution in [2.45, 2.75) is 6.18 Å². The lowest BCUT2D eigenvalue weighted by molar-refractivity contribution is -0.257. The number of hydrogen-bond donors (Lipinski definition) is 0. The minimum absolute atomic E-state index is 0.325. The van der Waals surface area contributed by atoms with Gasteiger partial charge in [-0.3, -0.25) is 0 Å². The van der Waals surface area contributed by atoms with E-state index in [9.17, 15) is 23.1 Å². The Morgan fingerprint density at radius 3 is 2.33 bits per heavy atom. The minimum Gasteiger partial charge on any atom is -0.542 e. The molecule has 1 rings (SSSR count). The number of carbonyl (C=O) groups is 1. The van der Waals surface area contributed by atoms with Gasteiger partial charge in [0.15, 0.2) is 0 Å². The molecule has 0 unspecified atom stereocenters. The van der Waals surface area contributed by atoms with Crippen LogP contribution in [0.2, 0.25) is 0 Å². The zero-order chi connectivity index (χ0) is 9.35. The maximum absolute atomic E-state index is 11.8. The van der Waals surface area contributed by atoms with Crippen molar-refractivity contribution < 1.29 is 27.5 Å². The molecule has 0 aliphatic rings. The molecule has 0 aliphatic carbocycles. The number of alkyl halides is 3. The monoisotopic (exact) mass is 179 g/mol. The fourth-order valence-corrected chi connectivity index (χ4v) is 0.592. The molecule has 3 nitrogen and oxygen atoms in total. The molecule has 0 fully saturated rings. The third-order valence-corrected chi connectivity index (χ3v) is 1.13. The fraction of sp³-hybridized carbons (Fsp3) is 0.167. The summed E-state index contributed by atoms with van der Waals surface area (Å²) in [6.45, 7) is 0. The minimum atomic E-state index is -4.59. The maximum Gasteiger partial charge on any atom is 0.419 e. The molecule has 0 saturated carbocycles. The van der Waals surface area contributed by atoms with Crippen molar-refractivity contribution in [1.29, 1.82) is 0 Å². The Morgan fingerprint density at radius 1 is 1.50 bits per heavy atom. The molecule has 0 bridgehead atoms. The molecule has 0 aromatic carbocycles. The summed E-state index contributed by atoms with van der Waals surface area (Å²) in [4.78, 5) is 9.97. The van der Waals surface area contributed by atoms with E-state index in [4.69, 9.17) is 0 Å². The average Bonchev–Trinajstić information content (AvgIpc) is 2.30. The van der Waals surface area contributed by atoms with Gasteiger partial charge in [0, 0.05) is 0 Å². The van der Waals surface area contributed by atoms with Gasteiger partial charge in [-0.15, -0.1) is 0 Å². The number of rotatable bonds is 1. The smallest absolute Gasteiger partial charge is 0.419 e. The lowest BCUT2D eigenvalue weighted by Crippen LogP contribution is -2.21. The number of carboxylic acid groups (broad SMARTS) is 1. The number of carboxylic acids is 1. The third-order valence-electron chi connectivity index (χ3n) is 1.13. The van der Waals surface area contributed by atoms with Crippen LogP contribution in [0.4, 0.5) is 13.2 Å². The van der Waals surface area contributed by atoms with Crippen molar-refractivity contribution in [2.75, 3.05) is 0 Å². The van der Waals surface area contributed by atoms with E-state index in [1.54, 1.807) is 0 Å². The SMILES string of the molecule is O=C([O-])c1cc(C(F)(F)F)co1. The quantitative estimate of drug-likeness (QED) is 0.636. The summed E-state index contributed by atoms with van der Waals surface area (Å²) in [5.41, 5.74) is -1.14. The van der Waals surface area contributed by atoms with E-state index in [0.29, 0.717) is 12.3 Å². The summed E-state index contributed by atoms with van der Waals surface area (Å²) in [5, 5.41) is 9.97. The molecular weight excluding hydrogens is 177 g/mol. The van der Waals surface area contributed by atoms with E-state index in [0.717, 1.165) is 0 Å². The molecule has 0 spiro atoms. The van der Waals surface area contributed by atoms with Gasteiger partial charge in [0.05, 0.1) is 5.56 Å². The maximum atomic E-state index is 11.8. The van der Waals surface area contributed by atoms with Gasteiger partial charge in [0.1, 0.15) is 18.0 Å². The molecule has 1 aromatic rings. The lowest BCUT2D eigenvalue weighted by atomic mass is 10.3. The molecular formula is C6H2F3O3-. The molecule has 12 heavy (non-hydrogen) atoms. The molecule has 0 aliphatic heterocycles. The Kier molecular flexibility index (Phi) is 1.83. The highest BCUT2D eigenvalue weighted by molar-refractivity contribution is 5.82. The van der Waals surface area contributed by atoms with Gasteiger partial charge in [-0.05, 0) is 6.07 Å². The van der Waals surface area contributed by atoms with Crippen LogP contribution in [0.5, 0.6) is 0 Å². The highest BCUT2D eigenvalue weighted by atomic mass is 19.4. The van der Waals surface area contributed by atoms with Crippen molar-refractivity contribution in [1.82, 2.24) is 0 Å². The fourth-order valence-electron chi connectivity index (χ4n) is 0.592. The zero-order valence-corrected chi connectivity index (χ0v) is 5.51. The standard InChI is InChI=1S/C6H3F3O3/c7-6(8,9)3-1-4(5(10)11)12-2-3/h1-2H,(H,10,11)/p-1. The topological polar surface area (TPSA) is 53.3 Å². The van der Waals surface area contributed by atoms with E-state index in [-0.39, 0.29) is 0 Å². The van der Waals surface area contributed by atoms with E-state index in [1.165, 1.54) is 0 Å².